The van der Waals surface area contributed by atoms with Gasteiger partial charge in [-0.25, -0.2) is 5.43 Å². The largest absolute Gasteiger partial charge is 0.503 e. The molecule has 8 nitrogen and oxygen atoms in total. The number of phenols is 1. The first-order valence-electron chi connectivity index (χ1n) is 7.58. The molecular weight excluding hydrogens is 518 g/mol. The Morgan fingerprint density at radius 2 is 2.07 bits per heavy atom. The van der Waals surface area contributed by atoms with Gasteiger partial charge >= 0.3 is 0 Å². The van der Waals surface area contributed by atoms with Gasteiger partial charge in [0.25, 0.3) is 11.6 Å². The minimum absolute atomic E-state index is 0.0352. The number of rotatable bonds is 5. The number of amides is 1. The lowest BCUT2D eigenvalue weighted by molar-refractivity contribution is -0.384. The van der Waals surface area contributed by atoms with E-state index in [4.69, 9.17) is 4.74 Å². The average molecular weight is 529 g/mol. The molecule has 2 aromatic carbocycles. The number of carbonyl (C=O) groups is 1. The highest BCUT2D eigenvalue weighted by Gasteiger charge is 2.15. The monoisotopic (exact) mass is 527 g/mol. The molecule has 1 amide bonds. The standard InChI is InChI=1S/C17H11Br2N3O5S/c1-27-11-5-9(14(18)15(19)16(11)23)7-20-21-17(24)13-6-8-4-10(22(25)26)2-3-12(8)28-13/h2-7,23H,1H3,(H,21,24)/b20-7-. The van der Waals surface area contributed by atoms with Crippen LogP contribution in [0.1, 0.15) is 15.2 Å². The number of thiophene rings is 1. The number of phenolic OH excluding ortho intramolecular Hbond substituents is 1. The number of carbonyl (C=O) groups excluding carboxylic acids is 1. The van der Waals surface area contributed by atoms with Crippen LogP contribution < -0.4 is 10.2 Å². The summed E-state index contributed by atoms with van der Waals surface area (Å²) >= 11 is 7.78. The van der Waals surface area contributed by atoms with E-state index in [0.29, 0.717) is 24.8 Å². The van der Waals surface area contributed by atoms with Crippen molar-refractivity contribution in [1.29, 1.82) is 0 Å². The maximum absolute atomic E-state index is 12.3. The van der Waals surface area contributed by atoms with Gasteiger partial charge in [0.15, 0.2) is 11.5 Å². The van der Waals surface area contributed by atoms with Crippen LogP contribution in [0.4, 0.5) is 5.69 Å². The molecule has 1 aromatic heterocycles. The van der Waals surface area contributed by atoms with E-state index in [9.17, 15) is 20.0 Å². The Morgan fingerprint density at radius 3 is 2.75 bits per heavy atom. The van der Waals surface area contributed by atoms with Crippen LogP contribution in [0.2, 0.25) is 0 Å². The highest BCUT2D eigenvalue weighted by atomic mass is 79.9. The van der Waals surface area contributed by atoms with Crippen LogP contribution in [-0.2, 0) is 0 Å². The second kappa shape index (κ2) is 8.25. The summed E-state index contributed by atoms with van der Waals surface area (Å²) in [6, 6.07) is 7.55. The quantitative estimate of drug-likeness (QED) is 0.280. The van der Waals surface area contributed by atoms with Crippen molar-refractivity contribution >= 4 is 71.1 Å². The zero-order valence-corrected chi connectivity index (χ0v) is 18.1. The summed E-state index contributed by atoms with van der Waals surface area (Å²) in [4.78, 5) is 23.1. The van der Waals surface area contributed by atoms with Gasteiger partial charge in [0.1, 0.15) is 0 Å². The van der Waals surface area contributed by atoms with Crippen molar-refractivity contribution < 1.29 is 19.6 Å². The second-order valence-electron chi connectivity index (χ2n) is 5.43. The highest BCUT2D eigenvalue weighted by molar-refractivity contribution is 9.13. The summed E-state index contributed by atoms with van der Waals surface area (Å²) in [5.41, 5.74) is 2.94. The molecule has 0 aliphatic carbocycles. The fourth-order valence-corrected chi connectivity index (χ4v) is 4.09. The fraction of sp³-hybridized carbons (Fsp3) is 0.0588. The van der Waals surface area contributed by atoms with Gasteiger partial charge in [-0.1, -0.05) is 0 Å². The molecule has 11 heteroatoms. The van der Waals surface area contributed by atoms with Gasteiger partial charge in [-0.2, -0.15) is 5.10 Å². The number of aromatic hydroxyl groups is 1. The van der Waals surface area contributed by atoms with Crippen LogP contribution in [-0.4, -0.2) is 29.3 Å². The molecular formula is C17H11Br2N3O5S. The van der Waals surface area contributed by atoms with Gasteiger partial charge in [-0.05, 0) is 50.1 Å². The van der Waals surface area contributed by atoms with E-state index in [2.05, 4.69) is 42.4 Å². The molecule has 0 saturated heterocycles. The number of nitrogens with one attached hydrogen (secondary N) is 1. The van der Waals surface area contributed by atoms with Crippen molar-refractivity contribution in [2.75, 3.05) is 7.11 Å². The molecule has 2 N–H and O–H groups in total. The maximum atomic E-state index is 12.3. The van der Waals surface area contributed by atoms with Crippen molar-refractivity contribution in [3.63, 3.8) is 0 Å². The molecule has 0 fully saturated rings. The Kier molecular flexibility index (Phi) is 5.96. The molecule has 3 rings (SSSR count). The number of benzene rings is 2. The zero-order valence-electron chi connectivity index (χ0n) is 14.1. The first-order valence-corrected chi connectivity index (χ1v) is 9.98. The van der Waals surface area contributed by atoms with E-state index in [-0.39, 0.29) is 17.2 Å². The minimum atomic E-state index is -0.483. The summed E-state index contributed by atoms with van der Waals surface area (Å²) in [6.45, 7) is 0. The highest BCUT2D eigenvalue weighted by Crippen LogP contribution is 2.41. The topological polar surface area (TPSA) is 114 Å². The summed E-state index contributed by atoms with van der Waals surface area (Å²) in [6.07, 6.45) is 1.40. The first kappa shape index (κ1) is 20.2. The smallest absolute Gasteiger partial charge is 0.281 e. The van der Waals surface area contributed by atoms with Gasteiger partial charge in [0.2, 0.25) is 0 Å². The van der Waals surface area contributed by atoms with Gasteiger partial charge in [-0.15, -0.1) is 11.3 Å². The molecule has 0 bridgehead atoms. The Hall–Kier alpha value is -2.50. The molecule has 28 heavy (non-hydrogen) atoms. The number of methoxy groups -OCH3 is 1. The lowest BCUT2D eigenvalue weighted by Crippen LogP contribution is -2.16. The molecule has 0 aliphatic rings. The van der Waals surface area contributed by atoms with Crippen LogP contribution in [0.15, 0.2) is 44.4 Å². The fourth-order valence-electron chi connectivity index (χ4n) is 2.33. The number of hydrogen-bond acceptors (Lipinski definition) is 7. The van der Waals surface area contributed by atoms with Crippen LogP contribution in [0.3, 0.4) is 0 Å². The molecule has 0 aliphatic heterocycles. The van der Waals surface area contributed by atoms with Gasteiger partial charge in [0.05, 0.1) is 27.6 Å². The predicted molar refractivity (Wildman–Crippen MR) is 114 cm³/mol. The molecule has 0 spiro atoms. The number of hydrazone groups is 1. The molecule has 1 heterocycles. The number of fused-ring (bicyclic) bond motifs is 1. The van der Waals surface area contributed by atoms with Crippen molar-refractivity contribution in [3.05, 3.63) is 59.8 Å². The van der Waals surface area contributed by atoms with Crippen LogP contribution >= 0.6 is 43.2 Å². The SMILES string of the molecule is COc1cc(/C=N\NC(=O)c2cc3cc([N+](=O)[O-])ccc3s2)c(Br)c(Br)c1O. The third-order valence-electron chi connectivity index (χ3n) is 3.70. The lowest BCUT2D eigenvalue weighted by Gasteiger charge is -2.09. The third-order valence-corrected chi connectivity index (χ3v) is 6.97. The molecule has 0 saturated carbocycles. The summed E-state index contributed by atoms with van der Waals surface area (Å²) in [7, 11) is 1.42. The molecule has 0 atom stereocenters. The number of non-ortho nitro benzene ring substituents is 1. The average Bonchev–Trinajstić information content (AvgIpc) is 3.11. The van der Waals surface area contributed by atoms with Gasteiger partial charge in [-0.3, -0.25) is 14.9 Å². The van der Waals surface area contributed by atoms with Crippen molar-refractivity contribution in [1.82, 2.24) is 5.43 Å². The molecule has 3 aromatic rings. The maximum Gasteiger partial charge on any atom is 0.281 e. The zero-order chi connectivity index (χ0) is 20.4. The number of nitrogens with zero attached hydrogens (tertiary/aromatic N) is 2. The van der Waals surface area contributed by atoms with E-state index in [1.54, 1.807) is 18.2 Å². The normalized spacial score (nSPS) is 11.1. The molecule has 0 radical (unpaired) electrons. The van der Waals surface area contributed by atoms with Crippen LogP contribution in [0.25, 0.3) is 10.1 Å². The number of halogens is 2. The van der Waals surface area contributed by atoms with Crippen molar-refractivity contribution in [2.45, 2.75) is 0 Å². The van der Waals surface area contributed by atoms with Crippen molar-refractivity contribution in [3.8, 4) is 11.5 Å². The van der Waals surface area contributed by atoms with E-state index < -0.39 is 10.8 Å². The van der Waals surface area contributed by atoms with Crippen LogP contribution in [0.5, 0.6) is 11.5 Å². The Bertz CT molecular complexity index is 1130. The number of hydrogen-bond donors (Lipinski definition) is 2. The second-order valence-corrected chi connectivity index (χ2v) is 8.10. The number of nitro benzene ring substituents is 1. The number of nitro groups is 1. The van der Waals surface area contributed by atoms with Crippen molar-refractivity contribution in [2.24, 2.45) is 5.10 Å². The van der Waals surface area contributed by atoms with Gasteiger partial charge in [0, 0.05) is 32.3 Å². The predicted octanol–water partition coefficient (Wildman–Crippen LogP) is 4.81. The Labute approximate surface area is 179 Å². The summed E-state index contributed by atoms with van der Waals surface area (Å²) in [5.74, 6) is -0.259. The summed E-state index contributed by atoms with van der Waals surface area (Å²) < 4.78 is 6.78. The number of ether oxygens (including phenoxy) is 1. The van der Waals surface area contributed by atoms with Crippen LogP contribution in [0, 0.1) is 10.1 Å². The molecule has 144 valence electrons. The van der Waals surface area contributed by atoms with E-state index in [1.165, 1.54) is 36.8 Å². The molecule has 0 unspecified atom stereocenters. The Balaban J connectivity index is 1.80. The Morgan fingerprint density at radius 1 is 1.32 bits per heavy atom. The third kappa shape index (κ3) is 4.01. The van der Waals surface area contributed by atoms with E-state index in [0.717, 1.165) is 4.70 Å². The van der Waals surface area contributed by atoms with E-state index in [1.807, 2.05) is 0 Å². The first-order chi connectivity index (χ1) is 13.3. The summed E-state index contributed by atoms with van der Waals surface area (Å²) in [5, 5.41) is 25.3. The minimum Gasteiger partial charge on any atom is -0.503 e. The van der Waals surface area contributed by atoms with E-state index >= 15 is 0 Å². The lowest BCUT2D eigenvalue weighted by atomic mass is 10.2. The van der Waals surface area contributed by atoms with Gasteiger partial charge < -0.3 is 9.84 Å².